The van der Waals surface area contributed by atoms with E-state index in [4.69, 9.17) is 16.9 Å². The number of nitrogens with one attached hydrogen (secondary N) is 1. The van der Waals surface area contributed by atoms with Crippen LogP contribution in [0.5, 0.6) is 5.88 Å². The summed E-state index contributed by atoms with van der Waals surface area (Å²) in [7, 11) is -3.26. The molecule has 7 nitrogen and oxygen atoms in total. The van der Waals surface area contributed by atoms with Gasteiger partial charge in [0.25, 0.3) is 5.91 Å². The number of nitrogens with zero attached hydrogens (tertiary/aromatic N) is 1. The number of amides is 1. The minimum absolute atomic E-state index is 0.103. The van der Waals surface area contributed by atoms with Crippen LogP contribution in [0.25, 0.3) is 6.08 Å². The molecule has 146 valence electrons. The highest BCUT2D eigenvalue weighted by atomic mass is 32.2. The topological polar surface area (TPSA) is 111 Å². The fourth-order valence-electron chi connectivity index (χ4n) is 2.34. The molecule has 0 fully saturated rings. The Hall–Kier alpha value is -3.31. The van der Waals surface area contributed by atoms with Gasteiger partial charge >= 0.3 is 0 Å². The summed E-state index contributed by atoms with van der Waals surface area (Å²) in [5.41, 5.74) is 7.68. The van der Waals surface area contributed by atoms with Crippen LogP contribution in [0.2, 0.25) is 0 Å². The number of aromatic nitrogens is 1. The van der Waals surface area contributed by atoms with Gasteiger partial charge < -0.3 is 15.8 Å². The quantitative estimate of drug-likeness (QED) is 0.689. The fourth-order valence-corrected chi connectivity index (χ4v) is 2.97. The molecule has 0 aliphatic carbocycles. The number of carbonyl (C=O) groups is 1. The number of nitrogen functional groups attached to an aromatic ring is 1. The summed E-state index contributed by atoms with van der Waals surface area (Å²) in [6.07, 6.45) is 9.42. The summed E-state index contributed by atoms with van der Waals surface area (Å²) < 4.78 is 28.4. The normalized spacial score (nSPS) is 11.2. The number of allylic oxidation sites excluding steroid dienone is 1. The first-order chi connectivity index (χ1) is 13.3. The number of hydrogen-bond donors (Lipinski definition) is 2. The van der Waals surface area contributed by atoms with Crippen molar-refractivity contribution in [2.24, 2.45) is 0 Å². The summed E-state index contributed by atoms with van der Waals surface area (Å²) in [4.78, 5) is 16.9. The molecule has 0 atom stereocenters. The van der Waals surface area contributed by atoms with Crippen molar-refractivity contribution in [3.8, 4) is 18.2 Å². The zero-order valence-electron chi connectivity index (χ0n) is 15.6. The standard InChI is InChI=1S/C20H21N3O4S/c1-4-6-7-16-17(21)12-18(23-20(16)27-5-2)19(24)22-13-14-8-10-15(11-9-14)28(3,25)26/h1,6-12H,5,13H2,2-3H3,(H2,21,23)(H,22,24)/b7-6+. The van der Waals surface area contributed by atoms with Crippen molar-refractivity contribution >= 4 is 27.5 Å². The van der Waals surface area contributed by atoms with E-state index < -0.39 is 15.7 Å². The number of ether oxygens (including phenoxy) is 1. The van der Waals surface area contributed by atoms with Crippen LogP contribution in [-0.4, -0.2) is 32.2 Å². The van der Waals surface area contributed by atoms with Gasteiger partial charge in [0.1, 0.15) is 5.69 Å². The van der Waals surface area contributed by atoms with Gasteiger partial charge in [0, 0.05) is 18.5 Å². The highest BCUT2D eigenvalue weighted by Gasteiger charge is 2.15. The number of nitrogens with two attached hydrogens (primary N) is 1. The molecule has 2 rings (SSSR count). The van der Waals surface area contributed by atoms with Gasteiger partial charge in [0.2, 0.25) is 5.88 Å². The highest BCUT2D eigenvalue weighted by molar-refractivity contribution is 7.90. The Morgan fingerprint density at radius 3 is 2.61 bits per heavy atom. The Kier molecular flexibility index (Phi) is 6.79. The smallest absolute Gasteiger partial charge is 0.270 e. The number of carbonyl (C=O) groups excluding carboxylic acids is 1. The highest BCUT2D eigenvalue weighted by Crippen LogP contribution is 2.25. The van der Waals surface area contributed by atoms with Gasteiger partial charge in [-0.2, -0.15) is 0 Å². The molecule has 1 amide bonds. The number of hydrogen-bond acceptors (Lipinski definition) is 6. The van der Waals surface area contributed by atoms with Gasteiger partial charge in [0.05, 0.1) is 17.1 Å². The SMILES string of the molecule is C#C/C=C/c1c(N)cc(C(=O)NCc2ccc(S(C)(=O)=O)cc2)nc1OCC. The molecule has 1 aromatic carbocycles. The molecule has 28 heavy (non-hydrogen) atoms. The Balaban J connectivity index is 2.18. The molecular formula is C20H21N3O4S. The second-order valence-corrected chi connectivity index (χ2v) is 7.86. The fraction of sp³-hybridized carbons (Fsp3) is 0.200. The number of terminal acetylenes is 1. The summed E-state index contributed by atoms with van der Waals surface area (Å²) in [5.74, 6) is 2.15. The maximum atomic E-state index is 12.4. The lowest BCUT2D eigenvalue weighted by molar-refractivity contribution is 0.0945. The maximum absolute atomic E-state index is 12.4. The zero-order chi connectivity index (χ0) is 20.7. The van der Waals surface area contributed by atoms with E-state index in [9.17, 15) is 13.2 Å². The molecule has 0 aliphatic rings. The summed E-state index contributed by atoms with van der Waals surface area (Å²) in [6.45, 7) is 2.34. The lowest BCUT2D eigenvalue weighted by Gasteiger charge is -2.12. The van der Waals surface area contributed by atoms with Gasteiger partial charge in [-0.15, -0.1) is 6.42 Å². The number of anilines is 1. The predicted molar refractivity (Wildman–Crippen MR) is 108 cm³/mol. The van der Waals surface area contributed by atoms with E-state index in [0.717, 1.165) is 11.8 Å². The Morgan fingerprint density at radius 1 is 1.36 bits per heavy atom. The third-order valence-corrected chi connectivity index (χ3v) is 4.85. The van der Waals surface area contributed by atoms with E-state index in [2.05, 4.69) is 16.2 Å². The lowest BCUT2D eigenvalue weighted by atomic mass is 10.1. The predicted octanol–water partition coefficient (Wildman–Crippen LogP) is 2.04. The van der Waals surface area contributed by atoms with Crippen LogP contribution in [0.4, 0.5) is 5.69 Å². The van der Waals surface area contributed by atoms with Gasteiger partial charge in [-0.3, -0.25) is 4.79 Å². The van der Waals surface area contributed by atoms with Gasteiger partial charge in [-0.1, -0.05) is 18.1 Å². The van der Waals surface area contributed by atoms with Crippen LogP contribution in [0, 0.1) is 12.3 Å². The summed E-state index contributed by atoms with van der Waals surface area (Å²) in [6, 6.07) is 7.70. The lowest BCUT2D eigenvalue weighted by Crippen LogP contribution is -2.24. The van der Waals surface area contributed by atoms with Crippen molar-refractivity contribution in [3.05, 3.63) is 53.2 Å². The second kappa shape index (κ2) is 9.06. The van der Waals surface area contributed by atoms with E-state index in [0.29, 0.717) is 17.9 Å². The van der Waals surface area contributed by atoms with E-state index in [1.807, 2.05) is 0 Å². The Labute approximate surface area is 164 Å². The van der Waals surface area contributed by atoms with Crippen LogP contribution in [-0.2, 0) is 16.4 Å². The summed E-state index contributed by atoms with van der Waals surface area (Å²) >= 11 is 0. The van der Waals surface area contributed by atoms with Gasteiger partial charge in [-0.25, -0.2) is 13.4 Å². The van der Waals surface area contributed by atoms with Crippen LogP contribution in [0.15, 0.2) is 41.3 Å². The summed E-state index contributed by atoms with van der Waals surface area (Å²) in [5, 5.41) is 2.72. The van der Waals surface area contributed by atoms with Crippen LogP contribution < -0.4 is 15.8 Å². The van der Waals surface area contributed by atoms with Crippen molar-refractivity contribution < 1.29 is 17.9 Å². The molecule has 0 saturated carbocycles. The van der Waals surface area contributed by atoms with Crippen LogP contribution in [0.3, 0.4) is 0 Å². The number of rotatable bonds is 7. The minimum atomic E-state index is -3.26. The molecule has 3 N–H and O–H groups in total. The average Bonchev–Trinajstić information content (AvgIpc) is 2.65. The molecule has 0 radical (unpaired) electrons. The maximum Gasteiger partial charge on any atom is 0.270 e. The van der Waals surface area contributed by atoms with Crippen LogP contribution >= 0.6 is 0 Å². The third kappa shape index (κ3) is 5.34. The molecule has 1 heterocycles. The number of pyridine rings is 1. The first-order valence-corrected chi connectivity index (χ1v) is 10.3. The van der Waals surface area contributed by atoms with Gasteiger partial charge in [-0.05, 0) is 42.8 Å². The molecule has 0 saturated heterocycles. The monoisotopic (exact) mass is 399 g/mol. The van der Waals surface area contributed by atoms with Crippen molar-refractivity contribution in [3.63, 3.8) is 0 Å². The zero-order valence-corrected chi connectivity index (χ0v) is 16.4. The molecule has 0 spiro atoms. The van der Waals surface area contributed by atoms with E-state index in [1.165, 1.54) is 24.3 Å². The Morgan fingerprint density at radius 2 is 2.04 bits per heavy atom. The molecule has 0 bridgehead atoms. The first kappa shape index (κ1) is 21.0. The molecule has 8 heteroatoms. The van der Waals surface area contributed by atoms with Crippen molar-refractivity contribution in [2.45, 2.75) is 18.4 Å². The molecule has 0 unspecified atom stereocenters. The third-order valence-electron chi connectivity index (χ3n) is 3.72. The number of benzene rings is 1. The average molecular weight is 399 g/mol. The first-order valence-electron chi connectivity index (χ1n) is 8.39. The second-order valence-electron chi connectivity index (χ2n) is 5.85. The Bertz CT molecular complexity index is 1040. The molecule has 0 aliphatic heterocycles. The number of sulfone groups is 1. The molecular weight excluding hydrogens is 378 g/mol. The van der Waals surface area contributed by atoms with Crippen molar-refractivity contribution in [1.82, 2.24) is 10.3 Å². The van der Waals surface area contributed by atoms with Crippen molar-refractivity contribution in [1.29, 1.82) is 0 Å². The van der Waals surface area contributed by atoms with E-state index in [1.54, 1.807) is 25.1 Å². The van der Waals surface area contributed by atoms with E-state index >= 15 is 0 Å². The van der Waals surface area contributed by atoms with E-state index in [-0.39, 0.29) is 23.0 Å². The molecule has 2 aromatic rings. The van der Waals surface area contributed by atoms with Crippen LogP contribution in [0.1, 0.15) is 28.5 Å². The largest absolute Gasteiger partial charge is 0.477 e. The van der Waals surface area contributed by atoms with Crippen molar-refractivity contribution in [2.75, 3.05) is 18.6 Å². The van der Waals surface area contributed by atoms with Gasteiger partial charge in [0.15, 0.2) is 9.84 Å². The molecule has 1 aromatic heterocycles. The minimum Gasteiger partial charge on any atom is -0.477 e.